The maximum atomic E-state index is 13.9. The van der Waals surface area contributed by atoms with Gasteiger partial charge < -0.3 is 4.90 Å². The van der Waals surface area contributed by atoms with Gasteiger partial charge in [-0.15, -0.1) is 0 Å². The molecule has 0 aliphatic rings. The second-order valence-electron chi connectivity index (χ2n) is 4.87. The largest absolute Gasteiger partial charge is 0.352 e. The second kappa shape index (κ2) is 5.45. The summed E-state index contributed by atoms with van der Waals surface area (Å²) in [5.74, 6) is 0.437. The van der Waals surface area contributed by atoms with Gasteiger partial charge in [0.25, 0.3) is 0 Å². The van der Waals surface area contributed by atoms with Crippen LogP contribution in [0.25, 0.3) is 0 Å². The monoisotopic (exact) mass is 275 g/mol. The van der Waals surface area contributed by atoms with Gasteiger partial charge in [-0.05, 0) is 19.9 Å². The van der Waals surface area contributed by atoms with E-state index in [0.29, 0.717) is 22.6 Å². The van der Waals surface area contributed by atoms with Crippen LogP contribution in [0.4, 0.5) is 10.2 Å². The Morgan fingerprint density at radius 2 is 2.05 bits per heavy atom. The summed E-state index contributed by atoms with van der Waals surface area (Å²) in [4.78, 5) is 13.1. The first-order valence-electron chi connectivity index (χ1n) is 6.43. The minimum Gasteiger partial charge on any atom is -0.352 e. The number of nitrogens with zero attached hydrogens (tertiary/aromatic N) is 3. The average Bonchev–Trinajstić information content (AvgIpc) is 2.71. The Balaban J connectivity index is 2.44. The van der Waals surface area contributed by atoms with Crippen LogP contribution < -0.4 is 4.90 Å². The van der Waals surface area contributed by atoms with E-state index in [2.05, 4.69) is 5.10 Å². The molecule has 0 amide bonds. The summed E-state index contributed by atoms with van der Waals surface area (Å²) in [5, 5.41) is 4.25. The number of anilines is 1. The Bertz CT molecular complexity index is 636. The highest BCUT2D eigenvalue weighted by Gasteiger charge is 2.22. The number of aldehydes is 1. The van der Waals surface area contributed by atoms with Crippen molar-refractivity contribution in [1.82, 2.24) is 9.78 Å². The van der Waals surface area contributed by atoms with E-state index in [9.17, 15) is 9.18 Å². The molecule has 0 N–H and O–H groups in total. The SMILES string of the molecule is Cc1nn(C)c(N(C)C(C)c2ccccc2F)c1C=O. The number of aromatic nitrogens is 2. The van der Waals surface area contributed by atoms with Crippen molar-refractivity contribution in [2.75, 3.05) is 11.9 Å². The lowest BCUT2D eigenvalue weighted by Gasteiger charge is -2.27. The number of aryl methyl sites for hydroxylation is 2. The summed E-state index contributed by atoms with van der Waals surface area (Å²) in [6, 6.07) is 6.45. The number of benzene rings is 1. The van der Waals surface area contributed by atoms with Crippen molar-refractivity contribution in [3.8, 4) is 0 Å². The molecule has 0 saturated heterocycles. The van der Waals surface area contributed by atoms with Crippen LogP contribution in [0.2, 0.25) is 0 Å². The molecule has 2 rings (SSSR count). The van der Waals surface area contributed by atoms with Gasteiger partial charge in [-0.3, -0.25) is 9.48 Å². The fraction of sp³-hybridized carbons (Fsp3) is 0.333. The molecule has 0 radical (unpaired) electrons. The Hall–Kier alpha value is -2.17. The Labute approximate surface area is 117 Å². The van der Waals surface area contributed by atoms with Crippen molar-refractivity contribution in [2.24, 2.45) is 7.05 Å². The lowest BCUT2D eigenvalue weighted by atomic mass is 10.1. The van der Waals surface area contributed by atoms with Crippen molar-refractivity contribution in [2.45, 2.75) is 19.9 Å². The predicted molar refractivity (Wildman–Crippen MR) is 76.6 cm³/mol. The highest BCUT2D eigenvalue weighted by atomic mass is 19.1. The number of carbonyl (C=O) groups is 1. The third-order valence-corrected chi connectivity index (χ3v) is 3.63. The van der Waals surface area contributed by atoms with E-state index in [1.807, 2.05) is 18.9 Å². The van der Waals surface area contributed by atoms with Crippen LogP contribution >= 0.6 is 0 Å². The van der Waals surface area contributed by atoms with E-state index >= 15 is 0 Å². The zero-order valence-electron chi connectivity index (χ0n) is 12.1. The number of hydrogen-bond acceptors (Lipinski definition) is 3. The molecule has 0 fully saturated rings. The van der Waals surface area contributed by atoms with Crippen LogP contribution in [0, 0.1) is 12.7 Å². The summed E-state index contributed by atoms with van der Waals surface area (Å²) < 4.78 is 15.5. The van der Waals surface area contributed by atoms with Crippen LogP contribution in [0.5, 0.6) is 0 Å². The molecule has 4 nitrogen and oxygen atoms in total. The molecule has 0 bridgehead atoms. The topological polar surface area (TPSA) is 38.1 Å². The zero-order valence-corrected chi connectivity index (χ0v) is 12.1. The third kappa shape index (κ3) is 2.31. The Morgan fingerprint density at radius 3 is 2.65 bits per heavy atom. The van der Waals surface area contributed by atoms with Gasteiger partial charge in [-0.2, -0.15) is 5.10 Å². The molecule has 1 heterocycles. The van der Waals surface area contributed by atoms with Crippen molar-refractivity contribution >= 4 is 12.1 Å². The highest BCUT2D eigenvalue weighted by Crippen LogP contribution is 2.29. The molecule has 20 heavy (non-hydrogen) atoms. The number of hydrogen-bond donors (Lipinski definition) is 0. The smallest absolute Gasteiger partial charge is 0.155 e. The lowest BCUT2D eigenvalue weighted by molar-refractivity contribution is 0.112. The molecule has 1 aromatic heterocycles. The summed E-state index contributed by atoms with van der Waals surface area (Å²) in [5.41, 5.74) is 1.80. The molecule has 1 aromatic carbocycles. The normalized spacial score (nSPS) is 12.2. The Kier molecular flexibility index (Phi) is 3.88. The van der Waals surface area contributed by atoms with Gasteiger partial charge in [0.15, 0.2) is 6.29 Å². The molecular weight excluding hydrogens is 257 g/mol. The fourth-order valence-corrected chi connectivity index (χ4v) is 2.42. The van der Waals surface area contributed by atoms with E-state index < -0.39 is 0 Å². The van der Waals surface area contributed by atoms with E-state index in [1.165, 1.54) is 6.07 Å². The van der Waals surface area contributed by atoms with Crippen LogP contribution in [0.3, 0.4) is 0 Å². The van der Waals surface area contributed by atoms with Gasteiger partial charge in [-0.1, -0.05) is 18.2 Å². The van der Waals surface area contributed by atoms with Crippen molar-refractivity contribution < 1.29 is 9.18 Å². The quantitative estimate of drug-likeness (QED) is 0.805. The van der Waals surface area contributed by atoms with Gasteiger partial charge in [0.2, 0.25) is 0 Å². The van der Waals surface area contributed by atoms with Crippen molar-refractivity contribution in [1.29, 1.82) is 0 Å². The lowest BCUT2D eigenvalue weighted by Crippen LogP contribution is -2.25. The minimum absolute atomic E-state index is 0.204. The number of carbonyl (C=O) groups excluding carboxylic acids is 1. The molecule has 0 saturated carbocycles. The number of halogens is 1. The first-order valence-corrected chi connectivity index (χ1v) is 6.43. The predicted octanol–water partition coefficient (Wildman–Crippen LogP) is 2.88. The molecule has 1 unspecified atom stereocenters. The summed E-state index contributed by atoms with van der Waals surface area (Å²) >= 11 is 0. The molecule has 2 aromatic rings. The van der Waals surface area contributed by atoms with E-state index in [1.54, 1.807) is 36.9 Å². The first-order chi connectivity index (χ1) is 9.47. The molecule has 5 heteroatoms. The fourth-order valence-electron chi connectivity index (χ4n) is 2.42. The summed E-state index contributed by atoms with van der Waals surface area (Å²) in [6.45, 7) is 3.68. The molecule has 1 atom stereocenters. The molecular formula is C15H18FN3O. The van der Waals surface area contributed by atoms with Gasteiger partial charge in [0, 0.05) is 19.7 Å². The standard InChI is InChI=1S/C15H18FN3O/c1-10-13(9-20)15(19(4)17-10)18(3)11(2)12-7-5-6-8-14(12)16/h5-9,11H,1-4H3. The summed E-state index contributed by atoms with van der Waals surface area (Å²) in [6.07, 6.45) is 0.794. The van der Waals surface area contributed by atoms with E-state index in [-0.39, 0.29) is 11.9 Å². The molecule has 106 valence electrons. The average molecular weight is 275 g/mol. The maximum Gasteiger partial charge on any atom is 0.155 e. The van der Waals surface area contributed by atoms with Crippen LogP contribution in [0.15, 0.2) is 24.3 Å². The van der Waals surface area contributed by atoms with Crippen molar-refractivity contribution in [3.63, 3.8) is 0 Å². The van der Waals surface area contributed by atoms with E-state index in [0.717, 1.165) is 6.29 Å². The van der Waals surface area contributed by atoms with Crippen molar-refractivity contribution in [3.05, 3.63) is 46.9 Å². The number of rotatable bonds is 4. The maximum absolute atomic E-state index is 13.9. The Morgan fingerprint density at radius 1 is 1.40 bits per heavy atom. The van der Waals surface area contributed by atoms with Gasteiger partial charge >= 0.3 is 0 Å². The van der Waals surface area contributed by atoms with Gasteiger partial charge in [-0.25, -0.2) is 4.39 Å². The van der Waals surface area contributed by atoms with E-state index in [4.69, 9.17) is 0 Å². The van der Waals surface area contributed by atoms with Crippen LogP contribution in [-0.2, 0) is 7.05 Å². The second-order valence-corrected chi connectivity index (χ2v) is 4.87. The van der Waals surface area contributed by atoms with Gasteiger partial charge in [0.05, 0.1) is 17.3 Å². The van der Waals surface area contributed by atoms with Gasteiger partial charge in [0.1, 0.15) is 11.6 Å². The molecule has 0 aliphatic heterocycles. The molecule has 0 aliphatic carbocycles. The third-order valence-electron chi connectivity index (χ3n) is 3.63. The van der Waals surface area contributed by atoms with Crippen LogP contribution in [-0.4, -0.2) is 23.1 Å². The molecule has 0 spiro atoms. The van der Waals surface area contributed by atoms with Crippen LogP contribution in [0.1, 0.15) is 34.6 Å². The zero-order chi connectivity index (χ0) is 14.9. The minimum atomic E-state index is -0.251. The highest BCUT2D eigenvalue weighted by molar-refractivity contribution is 5.84. The summed E-state index contributed by atoms with van der Waals surface area (Å²) in [7, 11) is 3.61. The first kappa shape index (κ1) is 14.2.